The van der Waals surface area contributed by atoms with Gasteiger partial charge in [0.25, 0.3) is 0 Å². The molecule has 0 saturated carbocycles. The number of primary amides is 1. The van der Waals surface area contributed by atoms with Crippen LogP contribution in [0.2, 0.25) is 0 Å². The Labute approximate surface area is 208 Å². The largest absolute Gasteiger partial charge is 0.457 e. The molecular weight excluding hydrogens is 466 g/mol. The van der Waals surface area contributed by atoms with Gasteiger partial charge in [0.1, 0.15) is 17.3 Å². The minimum atomic E-state index is -0.424. The quantitative estimate of drug-likeness (QED) is 0.388. The average Bonchev–Trinajstić information content (AvgIpc) is 3.50. The molecule has 9 nitrogen and oxygen atoms in total. The standard InChI is InChI=1S/C25H29N5O4S/c1-17(24(32)27-18-9-11-20(12-10-18)34-19-6-3-2-4-7-19)35-25-29-28-23(14-13-22(26)31)30(25)16-21-8-5-15-33-21/h2-4,6-7,9-12,17,21H,5,8,13-16H2,1H3,(H2,26,31)(H,27,32)/t17-,21+/m1/s1. The number of amides is 2. The minimum absolute atomic E-state index is 0.0680. The van der Waals surface area contributed by atoms with Crippen molar-refractivity contribution in [3.05, 3.63) is 60.4 Å². The molecule has 184 valence electrons. The summed E-state index contributed by atoms with van der Waals surface area (Å²) in [4.78, 5) is 24.1. The van der Waals surface area contributed by atoms with Crippen molar-refractivity contribution in [2.45, 2.75) is 55.7 Å². The van der Waals surface area contributed by atoms with Crippen molar-refractivity contribution in [2.24, 2.45) is 5.73 Å². The number of hydrogen-bond donors (Lipinski definition) is 2. The molecule has 0 bridgehead atoms. The zero-order chi connectivity index (χ0) is 24.6. The third-order valence-electron chi connectivity index (χ3n) is 5.55. The molecule has 2 aromatic carbocycles. The highest BCUT2D eigenvalue weighted by Gasteiger charge is 2.24. The molecule has 1 aliphatic rings. The van der Waals surface area contributed by atoms with E-state index in [1.54, 1.807) is 12.1 Å². The number of thioether (sulfide) groups is 1. The topological polar surface area (TPSA) is 121 Å². The van der Waals surface area contributed by atoms with Gasteiger partial charge in [0, 0.05) is 25.1 Å². The molecule has 4 rings (SSSR count). The second kappa shape index (κ2) is 11.9. The highest BCUT2D eigenvalue weighted by Crippen LogP contribution is 2.27. The average molecular weight is 496 g/mol. The molecule has 2 amide bonds. The van der Waals surface area contributed by atoms with Gasteiger partial charge < -0.3 is 25.1 Å². The molecule has 1 saturated heterocycles. The van der Waals surface area contributed by atoms with Crippen LogP contribution in [0.1, 0.15) is 32.0 Å². The summed E-state index contributed by atoms with van der Waals surface area (Å²) in [7, 11) is 0. The molecular formula is C25H29N5O4S. The summed E-state index contributed by atoms with van der Waals surface area (Å²) in [6, 6.07) is 16.7. The van der Waals surface area contributed by atoms with E-state index in [9.17, 15) is 9.59 Å². The molecule has 0 spiro atoms. The fourth-order valence-electron chi connectivity index (χ4n) is 3.69. The first-order valence-corrected chi connectivity index (χ1v) is 12.5. The Hall–Kier alpha value is -3.37. The molecule has 0 aliphatic carbocycles. The third kappa shape index (κ3) is 7.06. The van der Waals surface area contributed by atoms with Crippen LogP contribution in [0.15, 0.2) is 59.8 Å². The first kappa shape index (κ1) is 24.7. The van der Waals surface area contributed by atoms with Crippen molar-refractivity contribution in [2.75, 3.05) is 11.9 Å². The summed E-state index contributed by atoms with van der Waals surface area (Å²) < 4.78 is 13.5. The maximum absolute atomic E-state index is 12.9. The number of para-hydroxylation sites is 1. The summed E-state index contributed by atoms with van der Waals surface area (Å²) in [5.74, 6) is 1.55. The Morgan fingerprint density at radius 1 is 1.17 bits per heavy atom. The number of anilines is 1. The van der Waals surface area contributed by atoms with E-state index in [0.29, 0.717) is 35.4 Å². The van der Waals surface area contributed by atoms with Gasteiger partial charge in [0.05, 0.1) is 17.9 Å². The number of carbonyl (C=O) groups is 2. The summed E-state index contributed by atoms with van der Waals surface area (Å²) in [6.45, 7) is 3.14. The smallest absolute Gasteiger partial charge is 0.237 e. The predicted octanol–water partition coefficient (Wildman–Crippen LogP) is 3.79. The van der Waals surface area contributed by atoms with E-state index in [4.69, 9.17) is 15.2 Å². The van der Waals surface area contributed by atoms with Gasteiger partial charge in [0.2, 0.25) is 11.8 Å². The number of hydrogen-bond acceptors (Lipinski definition) is 7. The van der Waals surface area contributed by atoms with Gasteiger partial charge in [-0.05, 0) is 56.2 Å². The van der Waals surface area contributed by atoms with Gasteiger partial charge in [-0.3, -0.25) is 9.59 Å². The number of aromatic nitrogens is 3. The van der Waals surface area contributed by atoms with Gasteiger partial charge in [0.15, 0.2) is 5.16 Å². The van der Waals surface area contributed by atoms with Gasteiger partial charge in [-0.25, -0.2) is 0 Å². The first-order chi connectivity index (χ1) is 17.0. The lowest BCUT2D eigenvalue weighted by molar-refractivity contribution is -0.118. The molecule has 1 aromatic heterocycles. The normalized spacial score (nSPS) is 16.1. The van der Waals surface area contributed by atoms with E-state index in [1.165, 1.54) is 11.8 Å². The molecule has 0 radical (unpaired) electrons. The molecule has 3 N–H and O–H groups in total. The Bertz CT molecular complexity index is 1130. The molecule has 2 heterocycles. The van der Waals surface area contributed by atoms with Gasteiger partial charge in [-0.15, -0.1) is 10.2 Å². The molecule has 35 heavy (non-hydrogen) atoms. The summed E-state index contributed by atoms with van der Waals surface area (Å²) in [5, 5.41) is 11.7. The zero-order valence-corrected chi connectivity index (χ0v) is 20.4. The zero-order valence-electron chi connectivity index (χ0n) is 19.6. The molecule has 0 unspecified atom stereocenters. The fraction of sp³-hybridized carbons (Fsp3) is 0.360. The number of aryl methyl sites for hydroxylation is 1. The van der Waals surface area contributed by atoms with Crippen LogP contribution in [-0.4, -0.2) is 44.5 Å². The van der Waals surface area contributed by atoms with Crippen LogP contribution in [0.5, 0.6) is 11.5 Å². The number of carbonyl (C=O) groups excluding carboxylic acids is 2. The number of nitrogens with one attached hydrogen (secondary N) is 1. The lowest BCUT2D eigenvalue weighted by atomic mass is 10.2. The molecule has 3 aromatic rings. The first-order valence-electron chi connectivity index (χ1n) is 11.6. The lowest BCUT2D eigenvalue weighted by Crippen LogP contribution is -2.24. The van der Waals surface area contributed by atoms with E-state index >= 15 is 0 Å². The Balaban J connectivity index is 1.37. The van der Waals surface area contributed by atoms with Crippen LogP contribution in [0.25, 0.3) is 0 Å². The molecule has 1 aliphatic heterocycles. The highest BCUT2D eigenvalue weighted by molar-refractivity contribution is 8.00. The van der Waals surface area contributed by atoms with Crippen LogP contribution < -0.4 is 15.8 Å². The van der Waals surface area contributed by atoms with E-state index < -0.39 is 5.25 Å². The number of nitrogens with zero attached hydrogens (tertiary/aromatic N) is 3. The van der Waals surface area contributed by atoms with Crippen LogP contribution in [0.4, 0.5) is 5.69 Å². The Morgan fingerprint density at radius 3 is 2.60 bits per heavy atom. The maximum atomic E-state index is 12.9. The molecule has 1 fully saturated rings. The van der Waals surface area contributed by atoms with Crippen LogP contribution in [0.3, 0.4) is 0 Å². The summed E-state index contributed by atoms with van der Waals surface area (Å²) >= 11 is 1.32. The monoisotopic (exact) mass is 495 g/mol. The maximum Gasteiger partial charge on any atom is 0.237 e. The van der Waals surface area contributed by atoms with Crippen LogP contribution in [-0.2, 0) is 27.3 Å². The van der Waals surface area contributed by atoms with E-state index in [0.717, 1.165) is 25.2 Å². The van der Waals surface area contributed by atoms with Crippen molar-refractivity contribution in [3.63, 3.8) is 0 Å². The van der Waals surface area contributed by atoms with Crippen LogP contribution >= 0.6 is 11.8 Å². The van der Waals surface area contributed by atoms with Crippen molar-refractivity contribution in [1.82, 2.24) is 14.8 Å². The van der Waals surface area contributed by atoms with Crippen molar-refractivity contribution >= 4 is 29.3 Å². The molecule has 10 heteroatoms. The summed E-state index contributed by atoms with van der Waals surface area (Å²) in [5.41, 5.74) is 5.99. The van der Waals surface area contributed by atoms with E-state index in [2.05, 4.69) is 15.5 Å². The van der Waals surface area contributed by atoms with E-state index in [-0.39, 0.29) is 24.3 Å². The van der Waals surface area contributed by atoms with Crippen molar-refractivity contribution in [1.29, 1.82) is 0 Å². The van der Waals surface area contributed by atoms with Gasteiger partial charge in [-0.1, -0.05) is 30.0 Å². The number of nitrogens with two attached hydrogens (primary N) is 1. The predicted molar refractivity (Wildman–Crippen MR) is 133 cm³/mol. The Kier molecular flexibility index (Phi) is 8.38. The molecule has 2 atom stereocenters. The fourth-order valence-corrected chi connectivity index (χ4v) is 4.57. The summed E-state index contributed by atoms with van der Waals surface area (Å²) in [6.07, 6.45) is 2.62. The number of ether oxygens (including phenoxy) is 2. The SMILES string of the molecule is C[C@@H](Sc1nnc(CCC(N)=O)n1C[C@@H]1CCCO1)C(=O)Nc1ccc(Oc2ccccc2)cc1. The van der Waals surface area contributed by atoms with Crippen molar-refractivity contribution in [3.8, 4) is 11.5 Å². The number of rotatable bonds is 11. The van der Waals surface area contributed by atoms with E-state index in [1.807, 2.05) is 54.0 Å². The number of benzene rings is 2. The third-order valence-corrected chi connectivity index (χ3v) is 6.63. The van der Waals surface area contributed by atoms with Gasteiger partial charge >= 0.3 is 0 Å². The second-order valence-corrected chi connectivity index (χ2v) is 9.61. The van der Waals surface area contributed by atoms with Gasteiger partial charge in [-0.2, -0.15) is 0 Å². The lowest BCUT2D eigenvalue weighted by Gasteiger charge is -2.16. The Morgan fingerprint density at radius 2 is 1.91 bits per heavy atom. The van der Waals surface area contributed by atoms with Crippen LogP contribution in [0, 0.1) is 0 Å². The second-order valence-electron chi connectivity index (χ2n) is 8.30. The minimum Gasteiger partial charge on any atom is -0.457 e. The van der Waals surface area contributed by atoms with Crippen molar-refractivity contribution < 1.29 is 19.1 Å². The highest BCUT2D eigenvalue weighted by atomic mass is 32.2.